The van der Waals surface area contributed by atoms with E-state index in [-0.39, 0.29) is 11.8 Å². The van der Waals surface area contributed by atoms with Crippen molar-refractivity contribution in [2.45, 2.75) is 19.4 Å². The van der Waals surface area contributed by atoms with Crippen LogP contribution in [0, 0.1) is 0 Å². The lowest BCUT2D eigenvalue weighted by molar-refractivity contribution is -0.126. The third kappa shape index (κ3) is 5.08. The van der Waals surface area contributed by atoms with Crippen LogP contribution in [0.25, 0.3) is 6.08 Å². The Morgan fingerprint density at radius 2 is 2.04 bits per heavy atom. The Kier molecular flexibility index (Phi) is 6.48. The zero-order chi connectivity index (χ0) is 19.2. The van der Waals surface area contributed by atoms with Crippen molar-refractivity contribution in [2.24, 2.45) is 0 Å². The zero-order valence-corrected chi connectivity index (χ0v) is 16.5. The molecule has 1 aliphatic heterocycles. The van der Waals surface area contributed by atoms with Gasteiger partial charge in [0.05, 0.1) is 10.9 Å². The maximum absolute atomic E-state index is 12.5. The number of halogens is 1. The van der Waals surface area contributed by atoms with Gasteiger partial charge in [-0.25, -0.2) is 0 Å². The lowest BCUT2D eigenvalue weighted by Crippen LogP contribution is -2.28. The maximum atomic E-state index is 12.5. The average molecular weight is 401 g/mol. The Hall–Kier alpha value is -2.37. The summed E-state index contributed by atoms with van der Waals surface area (Å²) in [6.45, 7) is 5.47. The van der Waals surface area contributed by atoms with Gasteiger partial charge in [0.15, 0.2) is 0 Å². The molecule has 0 spiro atoms. The highest BCUT2D eigenvalue weighted by atomic mass is 35.5. The molecule has 1 fully saturated rings. The molecule has 27 heavy (non-hydrogen) atoms. The normalized spacial score (nSPS) is 14.1. The van der Waals surface area contributed by atoms with Gasteiger partial charge in [-0.05, 0) is 42.3 Å². The Balaban J connectivity index is 1.64. The van der Waals surface area contributed by atoms with E-state index in [1.165, 1.54) is 11.3 Å². The predicted octanol–water partition coefficient (Wildman–Crippen LogP) is 4.76. The molecule has 6 heteroatoms. The van der Waals surface area contributed by atoms with Crippen LogP contribution in [0.4, 0.5) is 5.69 Å². The van der Waals surface area contributed by atoms with Crippen LogP contribution in [0.2, 0.25) is 4.34 Å². The first kappa shape index (κ1) is 19.4. The molecule has 0 bridgehead atoms. The number of anilines is 1. The third-order valence-electron chi connectivity index (χ3n) is 4.33. The summed E-state index contributed by atoms with van der Waals surface area (Å²) in [5.74, 6) is 0.0837. The van der Waals surface area contributed by atoms with Crippen molar-refractivity contribution in [3.05, 3.63) is 69.9 Å². The number of hydrogen-bond donors (Lipinski definition) is 0. The summed E-state index contributed by atoms with van der Waals surface area (Å²) in [5, 5.41) is 0. The standard InChI is InChI=1S/C21H21ClN2O2S/c1-2-13-23(15-18-10-11-19(22)27-18)20(25)12-7-16-5-8-17(9-6-16)24-14-3-4-21(24)26/h2,5-12H,1,3-4,13-15H2/b12-7+. The number of carbonyl (C=O) groups excluding carboxylic acids is 2. The van der Waals surface area contributed by atoms with Gasteiger partial charge in [0.25, 0.3) is 0 Å². The Morgan fingerprint density at radius 1 is 1.26 bits per heavy atom. The number of hydrogen-bond acceptors (Lipinski definition) is 3. The molecule has 1 aliphatic rings. The minimum absolute atomic E-state index is 0.0850. The van der Waals surface area contributed by atoms with Gasteiger partial charge in [0.2, 0.25) is 11.8 Å². The summed E-state index contributed by atoms with van der Waals surface area (Å²) in [6, 6.07) is 11.4. The second kappa shape index (κ2) is 9.02. The van der Waals surface area contributed by atoms with Gasteiger partial charge in [-0.2, -0.15) is 0 Å². The Labute approximate surface area is 168 Å². The minimum atomic E-state index is -0.0850. The molecule has 0 saturated carbocycles. The summed E-state index contributed by atoms with van der Waals surface area (Å²) >= 11 is 7.44. The fourth-order valence-corrected chi connectivity index (χ4v) is 4.08. The number of nitrogens with zero attached hydrogens (tertiary/aromatic N) is 2. The third-order valence-corrected chi connectivity index (χ3v) is 5.55. The van der Waals surface area contributed by atoms with E-state index in [0.29, 0.717) is 23.8 Å². The largest absolute Gasteiger partial charge is 0.330 e. The summed E-state index contributed by atoms with van der Waals surface area (Å²) in [5.41, 5.74) is 1.82. The van der Waals surface area contributed by atoms with Gasteiger partial charge in [-0.15, -0.1) is 17.9 Å². The lowest BCUT2D eigenvalue weighted by atomic mass is 10.2. The van der Waals surface area contributed by atoms with Crippen LogP contribution in [0.5, 0.6) is 0 Å². The van der Waals surface area contributed by atoms with Crippen LogP contribution in [-0.2, 0) is 16.1 Å². The first-order valence-corrected chi connectivity index (χ1v) is 9.99. The SMILES string of the molecule is C=CCN(Cc1ccc(Cl)s1)C(=O)/C=C/c1ccc(N2CCCC2=O)cc1. The molecule has 1 saturated heterocycles. The molecule has 0 atom stereocenters. The summed E-state index contributed by atoms with van der Waals surface area (Å²) in [7, 11) is 0. The molecular weight excluding hydrogens is 380 g/mol. The molecule has 0 radical (unpaired) electrons. The van der Waals surface area contributed by atoms with E-state index in [4.69, 9.17) is 11.6 Å². The summed E-state index contributed by atoms with van der Waals surface area (Å²) in [6.07, 6.45) is 6.58. The van der Waals surface area contributed by atoms with Crippen LogP contribution in [0.15, 0.2) is 55.1 Å². The lowest BCUT2D eigenvalue weighted by Gasteiger charge is -2.18. The maximum Gasteiger partial charge on any atom is 0.247 e. The Bertz CT molecular complexity index is 857. The summed E-state index contributed by atoms with van der Waals surface area (Å²) in [4.78, 5) is 28.9. The average Bonchev–Trinajstić information content (AvgIpc) is 3.28. The van der Waals surface area contributed by atoms with E-state index in [9.17, 15) is 9.59 Å². The van der Waals surface area contributed by atoms with Crippen molar-refractivity contribution in [2.75, 3.05) is 18.0 Å². The fourth-order valence-electron chi connectivity index (χ4n) is 2.97. The zero-order valence-electron chi connectivity index (χ0n) is 14.9. The van der Waals surface area contributed by atoms with E-state index in [1.807, 2.05) is 36.4 Å². The number of amides is 2. The Morgan fingerprint density at radius 3 is 2.63 bits per heavy atom. The highest BCUT2D eigenvalue weighted by Gasteiger charge is 2.21. The van der Waals surface area contributed by atoms with Gasteiger partial charge in [0, 0.05) is 36.2 Å². The van der Waals surface area contributed by atoms with E-state index in [2.05, 4.69) is 6.58 Å². The van der Waals surface area contributed by atoms with Crippen molar-refractivity contribution in [3.63, 3.8) is 0 Å². The molecule has 0 N–H and O–H groups in total. The number of rotatable bonds is 7. The van der Waals surface area contributed by atoms with Crippen molar-refractivity contribution in [1.29, 1.82) is 0 Å². The number of carbonyl (C=O) groups is 2. The monoisotopic (exact) mass is 400 g/mol. The van der Waals surface area contributed by atoms with Crippen LogP contribution >= 0.6 is 22.9 Å². The highest BCUT2D eigenvalue weighted by molar-refractivity contribution is 7.16. The van der Waals surface area contributed by atoms with Crippen molar-refractivity contribution in [1.82, 2.24) is 4.90 Å². The number of benzene rings is 1. The van der Waals surface area contributed by atoms with Crippen molar-refractivity contribution >= 4 is 46.5 Å². The van der Waals surface area contributed by atoms with Crippen molar-refractivity contribution < 1.29 is 9.59 Å². The van der Waals surface area contributed by atoms with Crippen LogP contribution in [0.3, 0.4) is 0 Å². The molecule has 2 amide bonds. The molecule has 2 heterocycles. The molecule has 0 aliphatic carbocycles. The summed E-state index contributed by atoms with van der Waals surface area (Å²) < 4.78 is 0.711. The molecule has 140 valence electrons. The topological polar surface area (TPSA) is 40.6 Å². The molecular formula is C21H21ClN2O2S. The molecule has 0 unspecified atom stereocenters. The first-order valence-electron chi connectivity index (χ1n) is 8.79. The van der Waals surface area contributed by atoms with Crippen molar-refractivity contribution in [3.8, 4) is 0 Å². The highest BCUT2D eigenvalue weighted by Crippen LogP contribution is 2.23. The van der Waals surface area contributed by atoms with Gasteiger partial charge in [-0.3, -0.25) is 9.59 Å². The van der Waals surface area contributed by atoms with Crippen LogP contribution in [0.1, 0.15) is 23.3 Å². The van der Waals surface area contributed by atoms with Gasteiger partial charge in [0.1, 0.15) is 0 Å². The fraction of sp³-hybridized carbons (Fsp3) is 0.238. The first-order chi connectivity index (χ1) is 13.1. The van der Waals surface area contributed by atoms with Crippen LogP contribution < -0.4 is 4.90 Å². The van der Waals surface area contributed by atoms with E-state index >= 15 is 0 Å². The molecule has 1 aromatic carbocycles. The minimum Gasteiger partial charge on any atom is -0.330 e. The predicted molar refractivity (Wildman–Crippen MR) is 112 cm³/mol. The van der Waals surface area contributed by atoms with E-state index in [0.717, 1.165) is 29.1 Å². The molecule has 3 rings (SSSR count). The van der Waals surface area contributed by atoms with Crippen LogP contribution in [-0.4, -0.2) is 29.8 Å². The second-order valence-electron chi connectivity index (χ2n) is 6.29. The number of thiophene rings is 1. The quantitative estimate of drug-likeness (QED) is 0.496. The molecule has 2 aromatic rings. The van der Waals surface area contributed by atoms with Gasteiger partial charge >= 0.3 is 0 Å². The molecule has 4 nitrogen and oxygen atoms in total. The van der Waals surface area contributed by atoms with Gasteiger partial charge < -0.3 is 9.80 Å². The van der Waals surface area contributed by atoms with E-state index < -0.39 is 0 Å². The van der Waals surface area contributed by atoms with E-state index in [1.54, 1.807) is 28.0 Å². The second-order valence-corrected chi connectivity index (χ2v) is 8.09. The smallest absolute Gasteiger partial charge is 0.247 e. The van der Waals surface area contributed by atoms with Gasteiger partial charge in [-0.1, -0.05) is 29.8 Å². The molecule has 1 aromatic heterocycles.